The van der Waals surface area contributed by atoms with E-state index in [0.717, 1.165) is 11.3 Å². The molecule has 14 heteroatoms. The van der Waals surface area contributed by atoms with Gasteiger partial charge >= 0.3 is 11.9 Å². The number of nitrogens with zero attached hydrogens (tertiary/aromatic N) is 3. The highest BCUT2D eigenvalue weighted by atomic mass is 32.2. The lowest BCUT2D eigenvalue weighted by atomic mass is 9.98. The molecule has 2 aliphatic rings. The molecule has 0 aliphatic carbocycles. The summed E-state index contributed by atoms with van der Waals surface area (Å²) in [7, 11) is 0. The van der Waals surface area contributed by atoms with Crippen molar-refractivity contribution in [2.75, 3.05) is 24.9 Å². The van der Waals surface area contributed by atoms with E-state index in [-0.39, 0.29) is 28.8 Å². The molecule has 0 bridgehead atoms. The zero-order valence-corrected chi connectivity index (χ0v) is 20.9. The summed E-state index contributed by atoms with van der Waals surface area (Å²) < 4.78 is 9.95. The highest BCUT2D eigenvalue weighted by Crippen LogP contribution is 2.37. The van der Waals surface area contributed by atoms with E-state index < -0.39 is 47.4 Å². The number of anilines is 1. The summed E-state index contributed by atoms with van der Waals surface area (Å²) in [6.07, 6.45) is 3.00. The maximum absolute atomic E-state index is 12.9. The topological polar surface area (TPSA) is 163 Å². The average Bonchev–Trinajstić information content (AvgIpc) is 3.24. The van der Waals surface area contributed by atoms with Gasteiger partial charge in [0.1, 0.15) is 29.4 Å². The van der Waals surface area contributed by atoms with Crippen LogP contribution in [0.1, 0.15) is 26.5 Å². The number of nitrogens with one attached hydrogen (secondary N) is 1. The highest BCUT2D eigenvalue weighted by Gasteiger charge is 2.53. The number of amides is 2. The predicted octanol–water partition coefficient (Wildman–Crippen LogP) is 1.01. The molecule has 0 saturated carbocycles. The number of nitrogen functional groups attached to an aromatic ring is 1. The van der Waals surface area contributed by atoms with Crippen molar-refractivity contribution in [1.82, 2.24) is 15.2 Å². The molecule has 0 radical (unpaired) electrons. The molecule has 0 spiro atoms. The fourth-order valence-electron chi connectivity index (χ4n) is 2.92. The van der Waals surface area contributed by atoms with Crippen LogP contribution in [0, 0.1) is 5.41 Å². The summed E-state index contributed by atoms with van der Waals surface area (Å²) in [5.41, 5.74) is 4.97. The molecule has 3 heterocycles. The van der Waals surface area contributed by atoms with Crippen LogP contribution in [-0.2, 0) is 33.5 Å². The lowest BCUT2D eigenvalue weighted by Gasteiger charge is -2.48. The van der Waals surface area contributed by atoms with Gasteiger partial charge in [0.2, 0.25) is 6.79 Å². The van der Waals surface area contributed by atoms with Crippen LogP contribution >= 0.6 is 23.1 Å². The number of ether oxygens (including phenoxy) is 2. The number of carbonyl (C=O) groups is 4. The van der Waals surface area contributed by atoms with E-state index in [1.54, 1.807) is 32.2 Å². The Hall–Kier alpha value is -3.39. The summed E-state index contributed by atoms with van der Waals surface area (Å²) in [4.78, 5) is 60.4. The van der Waals surface area contributed by atoms with Gasteiger partial charge in [0, 0.05) is 11.1 Å². The standard InChI is InChI=1S/C21H25N5O7S2/c1-5-7-33-25-13(11-9-35-20(22)23-11)15(27)24-14-16(28)26-12(6-8-34-17(14)26)18(29)31-10-32-19(30)21(2,3)4/h5-6,9,14,17H,1,7-8,10H2,2-4H3,(H2,22,23)(H,24,27)/t14?,17-/m1/s1. The van der Waals surface area contributed by atoms with Gasteiger partial charge in [-0.15, -0.1) is 23.1 Å². The number of thiazole rings is 1. The van der Waals surface area contributed by atoms with Crippen molar-refractivity contribution in [3.63, 3.8) is 0 Å². The summed E-state index contributed by atoms with van der Waals surface area (Å²) in [6, 6.07) is -0.914. The Labute approximate surface area is 209 Å². The molecule has 1 unspecified atom stereocenters. The SMILES string of the molecule is C=CCON=C(C(=O)NC1C(=O)N2C(C(=O)OCOC(=O)C(C)(C)C)=CCS[C@H]12)c1csc(N)n1. The molecular weight excluding hydrogens is 498 g/mol. The third kappa shape index (κ3) is 6.00. The maximum atomic E-state index is 12.9. The number of thioether (sulfide) groups is 1. The molecule has 2 aliphatic heterocycles. The van der Waals surface area contributed by atoms with E-state index in [0.29, 0.717) is 5.75 Å². The average molecular weight is 524 g/mol. The van der Waals surface area contributed by atoms with Gasteiger partial charge in [-0.1, -0.05) is 17.8 Å². The second-order valence-electron chi connectivity index (χ2n) is 8.30. The second-order valence-corrected chi connectivity index (χ2v) is 10.3. The number of esters is 2. The molecule has 2 atom stereocenters. The van der Waals surface area contributed by atoms with Crippen LogP contribution in [0.5, 0.6) is 0 Å². The van der Waals surface area contributed by atoms with Gasteiger partial charge < -0.3 is 25.4 Å². The number of fused-ring (bicyclic) bond motifs is 1. The highest BCUT2D eigenvalue weighted by molar-refractivity contribution is 8.00. The second kappa shape index (κ2) is 10.9. The van der Waals surface area contributed by atoms with Gasteiger partial charge in [-0.25, -0.2) is 9.78 Å². The molecule has 2 amide bonds. The van der Waals surface area contributed by atoms with E-state index in [2.05, 4.69) is 22.0 Å². The molecule has 188 valence electrons. The minimum Gasteiger partial charge on any atom is -0.427 e. The molecule has 1 fully saturated rings. The minimum absolute atomic E-state index is 0.0199. The number of β-lactam (4-membered cyclic amide) rings is 1. The van der Waals surface area contributed by atoms with Gasteiger partial charge in [-0.05, 0) is 26.8 Å². The largest absolute Gasteiger partial charge is 0.427 e. The Balaban J connectivity index is 1.63. The zero-order valence-electron chi connectivity index (χ0n) is 19.3. The quantitative estimate of drug-likeness (QED) is 0.0908. The molecule has 1 saturated heterocycles. The van der Waals surface area contributed by atoms with Crippen molar-refractivity contribution in [3.05, 3.63) is 35.5 Å². The fourth-order valence-corrected chi connectivity index (χ4v) is 4.66. The van der Waals surface area contributed by atoms with Crippen LogP contribution in [0.15, 0.2) is 35.0 Å². The number of aromatic nitrogens is 1. The monoisotopic (exact) mass is 523 g/mol. The Morgan fingerprint density at radius 1 is 1.37 bits per heavy atom. The summed E-state index contributed by atoms with van der Waals surface area (Å²) in [6.45, 7) is 8.00. The molecule has 12 nitrogen and oxygen atoms in total. The minimum atomic E-state index is -0.914. The summed E-state index contributed by atoms with van der Waals surface area (Å²) in [5.74, 6) is -2.14. The van der Waals surface area contributed by atoms with Gasteiger partial charge in [0.15, 0.2) is 10.8 Å². The van der Waals surface area contributed by atoms with Gasteiger partial charge in [0.05, 0.1) is 5.41 Å². The number of hydrogen-bond acceptors (Lipinski definition) is 12. The van der Waals surface area contributed by atoms with Gasteiger partial charge in [-0.3, -0.25) is 19.3 Å². The van der Waals surface area contributed by atoms with Gasteiger partial charge in [0.25, 0.3) is 11.8 Å². The van der Waals surface area contributed by atoms with E-state index >= 15 is 0 Å². The number of oxime groups is 1. The van der Waals surface area contributed by atoms with Crippen molar-refractivity contribution >= 4 is 57.7 Å². The number of carbonyl (C=O) groups excluding carboxylic acids is 4. The van der Waals surface area contributed by atoms with Crippen molar-refractivity contribution < 1.29 is 33.5 Å². The maximum Gasteiger partial charge on any atom is 0.357 e. The first kappa shape index (κ1) is 26.2. The van der Waals surface area contributed by atoms with E-state index in [4.69, 9.17) is 20.0 Å². The zero-order chi connectivity index (χ0) is 25.8. The molecule has 1 aromatic rings. The molecule has 3 rings (SSSR count). The first-order valence-corrected chi connectivity index (χ1v) is 12.3. The number of hydrogen-bond donors (Lipinski definition) is 2. The van der Waals surface area contributed by atoms with Crippen LogP contribution in [-0.4, -0.2) is 69.9 Å². The van der Waals surface area contributed by atoms with Gasteiger partial charge in [-0.2, -0.15) is 0 Å². The first-order chi connectivity index (χ1) is 16.5. The van der Waals surface area contributed by atoms with Crippen LogP contribution in [0.25, 0.3) is 0 Å². The Bertz CT molecular complexity index is 1090. The Morgan fingerprint density at radius 2 is 2.11 bits per heavy atom. The molecule has 1 aromatic heterocycles. The smallest absolute Gasteiger partial charge is 0.357 e. The fraction of sp³-hybridized carbons (Fsp3) is 0.429. The van der Waals surface area contributed by atoms with Crippen molar-refractivity contribution in [2.45, 2.75) is 32.2 Å². The number of rotatable bonds is 9. The normalized spacial score (nSPS) is 19.6. The molecule has 3 N–H and O–H groups in total. The Morgan fingerprint density at radius 3 is 2.74 bits per heavy atom. The van der Waals surface area contributed by atoms with Crippen LogP contribution in [0.2, 0.25) is 0 Å². The third-order valence-electron chi connectivity index (χ3n) is 4.66. The van der Waals surface area contributed by atoms with Crippen molar-refractivity contribution in [1.29, 1.82) is 0 Å². The van der Waals surface area contributed by atoms with E-state index in [9.17, 15) is 19.2 Å². The summed E-state index contributed by atoms with van der Waals surface area (Å²) >= 11 is 2.48. The molecule has 35 heavy (non-hydrogen) atoms. The first-order valence-electron chi connectivity index (χ1n) is 10.4. The third-order valence-corrected chi connectivity index (χ3v) is 6.52. The summed E-state index contributed by atoms with van der Waals surface area (Å²) in [5, 5.41) is 7.67. The molecular formula is C21H25N5O7S2. The van der Waals surface area contributed by atoms with Crippen molar-refractivity contribution in [3.8, 4) is 0 Å². The number of nitrogens with two attached hydrogens (primary N) is 1. The molecule has 0 aromatic carbocycles. The Kier molecular flexibility index (Phi) is 8.17. The van der Waals surface area contributed by atoms with Crippen LogP contribution in [0.3, 0.4) is 0 Å². The van der Waals surface area contributed by atoms with Crippen molar-refractivity contribution in [2.24, 2.45) is 10.6 Å². The lowest BCUT2D eigenvalue weighted by molar-refractivity contribution is -0.173. The van der Waals surface area contributed by atoms with E-state index in [1.807, 2.05) is 0 Å². The van der Waals surface area contributed by atoms with Crippen LogP contribution in [0.4, 0.5) is 5.13 Å². The van der Waals surface area contributed by atoms with Crippen LogP contribution < -0.4 is 11.1 Å². The van der Waals surface area contributed by atoms with E-state index in [1.165, 1.54) is 22.7 Å². The predicted molar refractivity (Wildman–Crippen MR) is 129 cm³/mol. The lowest BCUT2D eigenvalue weighted by Crippen LogP contribution is -2.70.